The third-order valence-corrected chi connectivity index (χ3v) is 3.75. The van der Waals surface area contributed by atoms with Crippen LogP contribution in [0.1, 0.15) is 38.3 Å². The third kappa shape index (κ3) is 2.45. The lowest BCUT2D eigenvalue weighted by Gasteiger charge is -2.17. The molecule has 0 saturated carbocycles. The number of hydrogen-bond acceptors (Lipinski definition) is 2. The van der Waals surface area contributed by atoms with Crippen molar-refractivity contribution < 1.29 is 0 Å². The summed E-state index contributed by atoms with van der Waals surface area (Å²) in [4.78, 5) is 11.9. The van der Waals surface area contributed by atoms with E-state index >= 15 is 0 Å². The van der Waals surface area contributed by atoms with Gasteiger partial charge in [-0.3, -0.25) is 9.13 Å². The highest BCUT2D eigenvalue weighted by molar-refractivity contribution is 5.77. The summed E-state index contributed by atoms with van der Waals surface area (Å²) < 4.78 is 3.41. The van der Waals surface area contributed by atoms with Crippen molar-refractivity contribution in [2.75, 3.05) is 6.54 Å². The Morgan fingerprint density at radius 3 is 2.47 bits per heavy atom. The highest BCUT2D eigenvalue weighted by Crippen LogP contribution is 2.21. The minimum Gasteiger partial charge on any atom is -0.310 e. The largest absolute Gasteiger partial charge is 0.328 e. The molecule has 0 aliphatic heterocycles. The number of fused-ring (bicyclic) bond motifs is 1. The normalized spacial score (nSPS) is 13.1. The average molecular weight is 261 g/mol. The van der Waals surface area contributed by atoms with Crippen LogP contribution in [-0.4, -0.2) is 15.7 Å². The van der Waals surface area contributed by atoms with Gasteiger partial charge in [0.15, 0.2) is 0 Å². The molecule has 0 aliphatic rings. The zero-order chi connectivity index (χ0) is 14.0. The molecule has 1 heterocycles. The maximum Gasteiger partial charge on any atom is 0.328 e. The summed E-state index contributed by atoms with van der Waals surface area (Å²) in [6, 6.07) is 6.66. The molecule has 104 valence electrons. The van der Waals surface area contributed by atoms with Gasteiger partial charge >= 0.3 is 5.69 Å². The molecule has 1 unspecified atom stereocenters. The maximum absolute atomic E-state index is 11.9. The van der Waals surface area contributed by atoms with Crippen molar-refractivity contribution in [3.05, 3.63) is 34.2 Å². The first-order valence-electron chi connectivity index (χ1n) is 6.98. The second-order valence-corrected chi connectivity index (χ2v) is 5.06. The van der Waals surface area contributed by atoms with E-state index in [1.165, 1.54) is 5.56 Å². The van der Waals surface area contributed by atoms with E-state index < -0.39 is 0 Å². The molecular weight excluding hydrogens is 238 g/mol. The number of aryl methyl sites for hydroxylation is 2. The molecule has 0 amide bonds. The van der Waals surface area contributed by atoms with Gasteiger partial charge in [0.25, 0.3) is 0 Å². The molecule has 4 heteroatoms. The lowest BCUT2D eigenvalue weighted by atomic mass is 10.0. The number of aromatic nitrogens is 2. The van der Waals surface area contributed by atoms with E-state index in [0.717, 1.165) is 30.4 Å². The van der Waals surface area contributed by atoms with Gasteiger partial charge < -0.3 is 5.32 Å². The number of nitrogens with one attached hydrogen (secondary N) is 1. The molecule has 4 nitrogen and oxygen atoms in total. The fraction of sp³-hybridized carbons (Fsp3) is 0.533. The van der Waals surface area contributed by atoms with Gasteiger partial charge in [0.05, 0.1) is 11.0 Å². The number of nitrogens with zero attached hydrogens (tertiary/aromatic N) is 2. The predicted octanol–water partition coefficient (Wildman–Crippen LogP) is 2.33. The Kier molecular flexibility index (Phi) is 4.10. The Balaban J connectivity index is 2.46. The van der Waals surface area contributed by atoms with E-state index in [9.17, 15) is 4.79 Å². The summed E-state index contributed by atoms with van der Waals surface area (Å²) in [5, 5.41) is 3.55. The summed E-state index contributed by atoms with van der Waals surface area (Å²) in [6.07, 6.45) is 2.18. The second-order valence-electron chi connectivity index (χ2n) is 5.06. The van der Waals surface area contributed by atoms with Crippen molar-refractivity contribution in [1.29, 1.82) is 0 Å². The summed E-state index contributed by atoms with van der Waals surface area (Å²) >= 11 is 0. The van der Waals surface area contributed by atoms with Crippen molar-refractivity contribution in [3.63, 3.8) is 0 Å². The van der Waals surface area contributed by atoms with Gasteiger partial charge in [-0.05, 0) is 37.1 Å². The Morgan fingerprint density at radius 2 is 1.84 bits per heavy atom. The van der Waals surface area contributed by atoms with E-state index in [0.29, 0.717) is 6.04 Å². The molecular formula is C15H23N3O. The summed E-state index contributed by atoms with van der Waals surface area (Å²) in [7, 11) is 3.64. The second kappa shape index (κ2) is 5.61. The Labute approximate surface area is 114 Å². The SMILES string of the molecule is CCCNC(CC)c1ccc2c(c1)n(C)c(=O)n2C. The molecule has 0 spiro atoms. The third-order valence-electron chi connectivity index (χ3n) is 3.75. The van der Waals surface area contributed by atoms with Gasteiger partial charge in [-0.1, -0.05) is 19.9 Å². The molecule has 0 saturated heterocycles. The molecule has 1 aromatic heterocycles. The fourth-order valence-electron chi connectivity index (χ4n) is 2.56. The van der Waals surface area contributed by atoms with Crippen LogP contribution < -0.4 is 11.0 Å². The molecule has 0 aliphatic carbocycles. The topological polar surface area (TPSA) is 39.0 Å². The Bertz CT molecular complexity index is 624. The molecule has 2 rings (SSSR count). The average Bonchev–Trinajstić information content (AvgIpc) is 2.65. The van der Waals surface area contributed by atoms with Gasteiger partial charge in [0.1, 0.15) is 0 Å². The smallest absolute Gasteiger partial charge is 0.310 e. The molecule has 1 atom stereocenters. The van der Waals surface area contributed by atoms with E-state index in [-0.39, 0.29) is 5.69 Å². The van der Waals surface area contributed by atoms with E-state index in [1.54, 1.807) is 9.13 Å². The van der Waals surface area contributed by atoms with E-state index in [1.807, 2.05) is 20.2 Å². The zero-order valence-corrected chi connectivity index (χ0v) is 12.2. The van der Waals surface area contributed by atoms with Gasteiger partial charge in [0, 0.05) is 20.1 Å². The van der Waals surface area contributed by atoms with Crippen molar-refractivity contribution in [3.8, 4) is 0 Å². The van der Waals surface area contributed by atoms with Gasteiger partial charge in [-0.2, -0.15) is 0 Å². The maximum atomic E-state index is 11.9. The van der Waals surface area contributed by atoms with Gasteiger partial charge in [0.2, 0.25) is 0 Å². The monoisotopic (exact) mass is 261 g/mol. The van der Waals surface area contributed by atoms with Crippen LogP contribution in [0.2, 0.25) is 0 Å². The quantitative estimate of drug-likeness (QED) is 0.897. The van der Waals surface area contributed by atoms with Crippen molar-refractivity contribution in [2.45, 2.75) is 32.7 Å². The summed E-state index contributed by atoms with van der Waals surface area (Å²) in [5.41, 5.74) is 3.27. The first kappa shape index (κ1) is 13.9. The molecule has 0 fully saturated rings. The summed E-state index contributed by atoms with van der Waals surface area (Å²) in [6.45, 7) is 5.37. The van der Waals surface area contributed by atoms with Crippen molar-refractivity contribution in [2.24, 2.45) is 14.1 Å². The van der Waals surface area contributed by atoms with Crippen LogP contribution in [0.15, 0.2) is 23.0 Å². The predicted molar refractivity (Wildman–Crippen MR) is 79.5 cm³/mol. The van der Waals surface area contributed by atoms with Gasteiger partial charge in [-0.15, -0.1) is 0 Å². The lowest BCUT2D eigenvalue weighted by Crippen LogP contribution is -2.21. The van der Waals surface area contributed by atoms with E-state index in [2.05, 4.69) is 31.3 Å². The molecule has 19 heavy (non-hydrogen) atoms. The minimum atomic E-state index is 0.0294. The number of benzene rings is 1. The number of rotatable bonds is 5. The molecule has 1 N–H and O–H groups in total. The van der Waals surface area contributed by atoms with E-state index in [4.69, 9.17) is 0 Å². The molecule has 0 bridgehead atoms. The van der Waals surface area contributed by atoms with Crippen LogP contribution >= 0.6 is 0 Å². The van der Waals surface area contributed by atoms with Gasteiger partial charge in [-0.25, -0.2) is 4.79 Å². The summed E-state index contributed by atoms with van der Waals surface area (Å²) in [5.74, 6) is 0. The Hall–Kier alpha value is -1.55. The molecule has 1 aromatic carbocycles. The van der Waals surface area contributed by atoms with Crippen LogP contribution in [0, 0.1) is 0 Å². The standard InChI is InChI=1S/C15H23N3O/c1-5-9-16-12(6-2)11-7-8-13-14(10-11)18(4)15(19)17(13)3/h7-8,10,12,16H,5-6,9H2,1-4H3. The van der Waals surface area contributed by atoms with Crippen LogP contribution in [0.25, 0.3) is 11.0 Å². The van der Waals surface area contributed by atoms with Crippen molar-refractivity contribution in [1.82, 2.24) is 14.5 Å². The van der Waals surface area contributed by atoms with Crippen LogP contribution in [-0.2, 0) is 14.1 Å². The lowest BCUT2D eigenvalue weighted by molar-refractivity contribution is 0.519. The number of imidazole rings is 1. The molecule has 2 aromatic rings. The minimum absolute atomic E-state index is 0.0294. The highest BCUT2D eigenvalue weighted by Gasteiger charge is 2.12. The zero-order valence-electron chi connectivity index (χ0n) is 12.2. The fourth-order valence-corrected chi connectivity index (χ4v) is 2.56. The first-order valence-corrected chi connectivity index (χ1v) is 6.98. The van der Waals surface area contributed by atoms with Crippen LogP contribution in [0.4, 0.5) is 0 Å². The van der Waals surface area contributed by atoms with Crippen molar-refractivity contribution >= 4 is 11.0 Å². The molecule has 0 radical (unpaired) electrons. The Morgan fingerprint density at radius 1 is 1.16 bits per heavy atom. The first-order chi connectivity index (χ1) is 9.10. The number of hydrogen-bond donors (Lipinski definition) is 1. The van der Waals surface area contributed by atoms with Crippen LogP contribution in [0.3, 0.4) is 0 Å². The van der Waals surface area contributed by atoms with Crippen LogP contribution in [0.5, 0.6) is 0 Å². The highest BCUT2D eigenvalue weighted by atomic mass is 16.1.